The van der Waals surface area contributed by atoms with Crippen molar-refractivity contribution in [2.45, 2.75) is 31.2 Å². The second-order valence-electron chi connectivity index (χ2n) is 9.05. The monoisotopic (exact) mass is 450 g/mol. The summed E-state index contributed by atoms with van der Waals surface area (Å²) in [6.45, 7) is -0.302. The van der Waals surface area contributed by atoms with Crippen molar-refractivity contribution in [1.29, 1.82) is 0 Å². The van der Waals surface area contributed by atoms with Crippen molar-refractivity contribution in [2.24, 2.45) is 17.8 Å². The molecule has 3 aliphatic carbocycles. The number of ether oxygens (including phenoxy) is 1. The van der Waals surface area contributed by atoms with E-state index >= 15 is 0 Å². The number of nitrogens with one attached hydrogen (secondary N) is 2. The van der Waals surface area contributed by atoms with Crippen LogP contribution in [0.4, 0.5) is 4.79 Å². The first-order valence-electron chi connectivity index (χ1n) is 11.3. The SMILES string of the molecule is O=C(O)CONC(=O)C1C[C@H]2C[C@@H](NC(=O)OCC3c4ccccc4-c4ccccc43)[C@H]2C1. The third-order valence-corrected chi connectivity index (χ3v) is 7.21. The summed E-state index contributed by atoms with van der Waals surface area (Å²) >= 11 is 0. The molecule has 33 heavy (non-hydrogen) atoms. The van der Waals surface area contributed by atoms with Gasteiger partial charge in [0.1, 0.15) is 6.61 Å². The molecule has 2 aromatic carbocycles. The van der Waals surface area contributed by atoms with Crippen molar-refractivity contribution in [3.05, 3.63) is 59.7 Å². The zero-order valence-electron chi connectivity index (χ0n) is 18.0. The molecule has 3 aliphatic rings. The molecule has 0 radical (unpaired) electrons. The van der Waals surface area contributed by atoms with E-state index in [-0.39, 0.29) is 36.3 Å². The fraction of sp³-hybridized carbons (Fsp3) is 0.400. The predicted molar refractivity (Wildman–Crippen MR) is 118 cm³/mol. The normalized spacial score (nSPS) is 24.7. The number of alkyl carbamates (subject to hydrolysis) is 1. The zero-order chi connectivity index (χ0) is 22.9. The van der Waals surface area contributed by atoms with E-state index < -0.39 is 18.7 Å². The fourth-order valence-corrected chi connectivity index (χ4v) is 5.65. The van der Waals surface area contributed by atoms with Crippen LogP contribution in [-0.4, -0.2) is 42.3 Å². The van der Waals surface area contributed by atoms with Gasteiger partial charge >= 0.3 is 12.1 Å². The predicted octanol–water partition coefficient (Wildman–Crippen LogP) is 3.07. The number of hydroxylamine groups is 1. The Kier molecular flexibility index (Phi) is 5.76. The van der Waals surface area contributed by atoms with Crippen molar-refractivity contribution < 1.29 is 29.1 Å². The summed E-state index contributed by atoms with van der Waals surface area (Å²) in [4.78, 5) is 39.9. The van der Waals surface area contributed by atoms with E-state index in [4.69, 9.17) is 14.7 Å². The van der Waals surface area contributed by atoms with Crippen molar-refractivity contribution in [3.63, 3.8) is 0 Å². The molecule has 5 rings (SSSR count). The van der Waals surface area contributed by atoms with Crippen LogP contribution in [-0.2, 0) is 19.2 Å². The van der Waals surface area contributed by atoms with Gasteiger partial charge in [0.05, 0.1) is 0 Å². The molecule has 2 amide bonds. The van der Waals surface area contributed by atoms with Gasteiger partial charge in [-0.1, -0.05) is 48.5 Å². The Morgan fingerprint density at radius 1 is 0.939 bits per heavy atom. The van der Waals surface area contributed by atoms with Crippen LogP contribution >= 0.6 is 0 Å². The number of carboxylic acid groups (broad SMARTS) is 1. The lowest BCUT2D eigenvalue weighted by Crippen LogP contribution is -2.50. The molecule has 4 atom stereocenters. The lowest BCUT2D eigenvalue weighted by molar-refractivity contribution is -0.150. The number of hydrogen-bond donors (Lipinski definition) is 3. The molecule has 172 valence electrons. The first-order chi connectivity index (χ1) is 16.0. The Hall–Kier alpha value is -3.39. The molecule has 0 saturated heterocycles. The Balaban J connectivity index is 1.12. The van der Waals surface area contributed by atoms with E-state index in [0.29, 0.717) is 12.3 Å². The van der Waals surface area contributed by atoms with Crippen LogP contribution in [0.15, 0.2) is 48.5 Å². The largest absolute Gasteiger partial charge is 0.479 e. The summed E-state index contributed by atoms with van der Waals surface area (Å²) in [5, 5.41) is 11.6. The highest BCUT2D eigenvalue weighted by Gasteiger charge is 2.50. The summed E-state index contributed by atoms with van der Waals surface area (Å²) in [5.41, 5.74) is 6.93. The molecule has 0 bridgehead atoms. The average molecular weight is 450 g/mol. The van der Waals surface area contributed by atoms with Crippen molar-refractivity contribution >= 4 is 18.0 Å². The highest BCUT2D eigenvalue weighted by Crippen LogP contribution is 2.50. The van der Waals surface area contributed by atoms with E-state index in [1.54, 1.807) is 0 Å². The summed E-state index contributed by atoms with van der Waals surface area (Å²) < 4.78 is 5.64. The lowest BCUT2D eigenvalue weighted by Gasteiger charge is -2.40. The maximum atomic E-state index is 12.5. The average Bonchev–Trinajstić information content (AvgIpc) is 3.31. The van der Waals surface area contributed by atoms with E-state index in [0.717, 1.165) is 12.8 Å². The second kappa shape index (κ2) is 8.86. The molecule has 0 spiro atoms. The molecule has 8 nitrogen and oxygen atoms in total. The molecule has 3 N–H and O–H groups in total. The number of hydrogen-bond acceptors (Lipinski definition) is 5. The maximum absolute atomic E-state index is 12.5. The number of rotatable bonds is 7. The molecule has 8 heteroatoms. The lowest BCUT2D eigenvalue weighted by atomic mass is 9.71. The van der Waals surface area contributed by atoms with E-state index in [1.807, 2.05) is 24.3 Å². The quantitative estimate of drug-likeness (QED) is 0.559. The summed E-state index contributed by atoms with van der Waals surface area (Å²) in [7, 11) is 0. The Labute approximate surface area is 191 Å². The zero-order valence-corrected chi connectivity index (χ0v) is 18.0. The van der Waals surface area contributed by atoms with Crippen LogP contribution in [0.3, 0.4) is 0 Å². The third kappa shape index (κ3) is 4.18. The maximum Gasteiger partial charge on any atom is 0.407 e. The molecule has 2 fully saturated rings. The highest BCUT2D eigenvalue weighted by molar-refractivity contribution is 5.79. The topological polar surface area (TPSA) is 114 Å². The van der Waals surface area contributed by atoms with Gasteiger partial charge in [-0.05, 0) is 53.4 Å². The second-order valence-corrected chi connectivity index (χ2v) is 9.05. The Morgan fingerprint density at radius 3 is 2.27 bits per heavy atom. The number of carbonyl (C=O) groups is 3. The minimum Gasteiger partial charge on any atom is -0.479 e. The molecule has 0 heterocycles. The third-order valence-electron chi connectivity index (χ3n) is 7.21. The van der Waals surface area contributed by atoms with Crippen LogP contribution in [0, 0.1) is 17.8 Å². The Morgan fingerprint density at radius 2 is 1.61 bits per heavy atom. The molecule has 0 aliphatic heterocycles. The number of carboxylic acids is 1. The number of fused-ring (bicyclic) bond motifs is 4. The van der Waals surface area contributed by atoms with Gasteiger partial charge in [0.2, 0.25) is 5.91 Å². The van der Waals surface area contributed by atoms with Gasteiger partial charge in [0.15, 0.2) is 6.61 Å². The van der Waals surface area contributed by atoms with E-state index in [1.165, 1.54) is 22.3 Å². The van der Waals surface area contributed by atoms with Crippen molar-refractivity contribution in [3.8, 4) is 11.1 Å². The van der Waals surface area contributed by atoms with Gasteiger partial charge in [0.25, 0.3) is 0 Å². The molecule has 2 saturated carbocycles. The Bertz CT molecular complexity index is 1040. The highest BCUT2D eigenvalue weighted by atomic mass is 16.7. The van der Waals surface area contributed by atoms with Gasteiger partial charge in [-0.2, -0.15) is 0 Å². The first kappa shape index (κ1) is 21.5. The number of benzene rings is 2. The standard InChI is InChI=1S/C25H26N2O6/c28-23(29)13-33-27-24(30)15-9-14-11-22(20(14)10-15)26-25(31)32-12-21-18-7-3-1-5-16(18)17-6-2-4-8-19(17)21/h1-8,14-15,20-22H,9-13H2,(H,26,31)(H,27,30)(H,28,29)/t14-,15?,20-,22+/m0/s1. The molecule has 2 aromatic rings. The molecule has 0 aromatic heterocycles. The number of amides is 2. The van der Waals surface area contributed by atoms with E-state index in [2.05, 4.69) is 35.1 Å². The van der Waals surface area contributed by atoms with Crippen LogP contribution in [0.5, 0.6) is 0 Å². The van der Waals surface area contributed by atoms with Gasteiger partial charge in [-0.3, -0.25) is 9.63 Å². The molecular formula is C25H26N2O6. The van der Waals surface area contributed by atoms with E-state index in [9.17, 15) is 14.4 Å². The van der Waals surface area contributed by atoms with Gasteiger partial charge in [-0.15, -0.1) is 0 Å². The molecule has 1 unspecified atom stereocenters. The molecular weight excluding hydrogens is 424 g/mol. The smallest absolute Gasteiger partial charge is 0.407 e. The van der Waals surface area contributed by atoms with Gasteiger partial charge in [-0.25, -0.2) is 15.1 Å². The fourth-order valence-electron chi connectivity index (χ4n) is 5.65. The van der Waals surface area contributed by atoms with Gasteiger partial charge in [0, 0.05) is 17.9 Å². The van der Waals surface area contributed by atoms with Crippen LogP contribution in [0.25, 0.3) is 11.1 Å². The summed E-state index contributed by atoms with van der Waals surface area (Å²) in [6, 6.07) is 16.4. The minimum absolute atomic E-state index is 0.0108. The van der Waals surface area contributed by atoms with Crippen LogP contribution in [0.2, 0.25) is 0 Å². The van der Waals surface area contributed by atoms with Gasteiger partial charge < -0.3 is 15.2 Å². The van der Waals surface area contributed by atoms with Crippen molar-refractivity contribution in [1.82, 2.24) is 10.8 Å². The van der Waals surface area contributed by atoms with Crippen molar-refractivity contribution in [2.75, 3.05) is 13.2 Å². The summed E-state index contributed by atoms with van der Waals surface area (Å²) in [6.07, 6.45) is 1.74. The number of carbonyl (C=O) groups excluding carboxylic acids is 2. The summed E-state index contributed by atoms with van der Waals surface area (Å²) in [5.74, 6) is -1.06. The van der Waals surface area contributed by atoms with Crippen LogP contribution in [0.1, 0.15) is 36.3 Å². The minimum atomic E-state index is -1.14. The number of aliphatic carboxylic acids is 1. The van der Waals surface area contributed by atoms with Crippen LogP contribution < -0.4 is 10.8 Å². The first-order valence-corrected chi connectivity index (χ1v) is 11.3.